The van der Waals surface area contributed by atoms with Crippen molar-refractivity contribution in [3.63, 3.8) is 0 Å². The summed E-state index contributed by atoms with van der Waals surface area (Å²) in [5.74, 6) is -0.0910. The lowest BCUT2D eigenvalue weighted by Gasteiger charge is -2.20. The Morgan fingerprint density at radius 1 is 1.47 bits per heavy atom. The highest BCUT2D eigenvalue weighted by atomic mass is 32.2. The number of nitrogens with one attached hydrogen (secondary N) is 1. The molecule has 0 saturated carbocycles. The second-order valence-corrected chi connectivity index (χ2v) is 6.34. The predicted molar refractivity (Wildman–Crippen MR) is 56.1 cm³/mol. The number of alkyl carbamates (subject to hydrolysis) is 1. The highest BCUT2D eigenvalue weighted by molar-refractivity contribution is 7.94. The van der Waals surface area contributed by atoms with Gasteiger partial charge in [-0.25, -0.2) is 13.2 Å². The van der Waals surface area contributed by atoms with Crippen molar-refractivity contribution < 1.29 is 17.9 Å². The van der Waals surface area contributed by atoms with Crippen LogP contribution in [-0.4, -0.2) is 31.9 Å². The molecule has 1 aliphatic rings. The average Bonchev–Trinajstić information content (AvgIpc) is 2.25. The van der Waals surface area contributed by atoms with Gasteiger partial charge in [0.05, 0.1) is 11.8 Å². The topological polar surface area (TPSA) is 72.5 Å². The minimum Gasteiger partial charge on any atom is -0.444 e. The summed E-state index contributed by atoms with van der Waals surface area (Å²) in [5, 5.41) is 3.57. The van der Waals surface area contributed by atoms with Crippen LogP contribution in [0.1, 0.15) is 20.8 Å². The van der Waals surface area contributed by atoms with Gasteiger partial charge in [0.2, 0.25) is 0 Å². The van der Waals surface area contributed by atoms with Crippen molar-refractivity contribution in [2.24, 2.45) is 0 Å². The fourth-order valence-electron chi connectivity index (χ4n) is 1.12. The Balaban J connectivity index is 2.45. The van der Waals surface area contributed by atoms with E-state index in [9.17, 15) is 13.2 Å². The summed E-state index contributed by atoms with van der Waals surface area (Å²) in [6.45, 7) is 5.23. The van der Waals surface area contributed by atoms with Gasteiger partial charge in [-0.2, -0.15) is 0 Å². The number of amides is 1. The minimum atomic E-state index is -3.14. The fourth-order valence-corrected chi connectivity index (χ4v) is 2.36. The Kier molecular flexibility index (Phi) is 3.08. The highest BCUT2D eigenvalue weighted by Crippen LogP contribution is 2.10. The van der Waals surface area contributed by atoms with Gasteiger partial charge < -0.3 is 10.1 Å². The number of hydrogen-bond donors (Lipinski definition) is 1. The Labute approximate surface area is 89.4 Å². The Morgan fingerprint density at radius 3 is 2.47 bits per heavy atom. The van der Waals surface area contributed by atoms with Crippen molar-refractivity contribution in [2.75, 3.05) is 5.75 Å². The molecule has 5 nitrogen and oxygen atoms in total. The molecular weight excluding hydrogens is 218 g/mol. The van der Waals surface area contributed by atoms with E-state index in [1.54, 1.807) is 20.8 Å². The zero-order valence-corrected chi connectivity index (χ0v) is 9.80. The summed E-state index contributed by atoms with van der Waals surface area (Å²) >= 11 is 0. The van der Waals surface area contributed by atoms with Gasteiger partial charge in [-0.1, -0.05) is 0 Å². The molecule has 1 heterocycles. The van der Waals surface area contributed by atoms with E-state index in [1.807, 2.05) is 0 Å². The molecule has 0 saturated heterocycles. The first-order chi connectivity index (χ1) is 6.68. The molecule has 15 heavy (non-hydrogen) atoms. The van der Waals surface area contributed by atoms with Crippen molar-refractivity contribution in [3.8, 4) is 0 Å². The largest absolute Gasteiger partial charge is 0.444 e. The molecule has 0 aromatic carbocycles. The van der Waals surface area contributed by atoms with Crippen LogP contribution in [0.4, 0.5) is 4.79 Å². The molecular formula is C9H15NO4S. The first-order valence-electron chi connectivity index (χ1n) is 4.58. The number of sulfone groups is 1. The quantitative estimate of drug-likeness (QED) is 0.727. The first kappa shape index (κ1) is 12.0. The van der Waals surface area contributed by atoms with Crippen LogP contribution < -0.4 is 5.32 Å². The van der Waals surface area contributed by atoms with E-state index >= 15 is 0 Å². The van der Waals surface area contributed by atoms with Gasteiger partial charge in [-0.05, 0) is 26.8 Å². The van der Waals surface area contributed by atoms with Gasteiger partial charge in [-0.15, -0.1) is 0 Å². The van der Waals surface area contributed by atoms with Gasteiger partial charge in [0, 0.05) is 5.41 Å². The maximum atomic E-state index is 11.3. The predicted octanol–water partition coefficient (Wildman–Crippen LogP) is 0.822. The van der Waals surface area contributed by atoms with Gasteiger partial charge in [0.1, 0.15) is 5.60 Å². The molecule has 0 aliphatic carbocycles. The average molecular weight is 233 g/mol. The number of hydrogen-bond acceptors (Lipinski definition) is 4. The molecule has 0 aromatic rings. The van der Waals surface area contributed by atoms with Crippen LogP contribution in [0.15, 0.2) is 11.5 Å². The van der Waals surface area contributed by atoms with Gasteiger partial charge in [0.25, 0.3) is 0 Å². The summed E-state index contributed by atoms with van der Waals surface area (Å²) < 4.78 is 27.0. The normalized spacial score (nSPS) is 23.8. The van der Waals surface area contributed by atoms with Crippen LogP contribution in [0.2, 0.25) is 0 Å². The zero-order valence-electron chi connectivity index (χ0n) is 8.98. The molecule has 1 N–H and O–H groups in total. The maximum absolute atomic E-state index is 11.3. The Bertz CT molecular complexity index is 377. The van der Waals surface area contributed by atoms with Crippen molar-refractivity contribution in [1.29, 1.82) is 0 Å². The molecule has 1 rings (SSSR count). The second kappa shape index (κ2) is 3.84. The minimum absolute atomic E-state index is 0.0910. The van der Waals surface area contributed by atoms with Gasteiger partial charge >= 0.3 is 6.09 Å². The van der Waals surface area contributed by atoms with E-state index in [0.717, 1.165) is 5.41 Å². The summed E-state index contributed by atoms with van der Waals surface area (Å²) in [5.41, 5.74) is -0.578. The van der Waals surface area contributed by atoms with Crippen LogP contribution in [0, 0.1) is 0 Å². The lowest BCUT2D eigenvalue weighted by atomic mass is 10.2. The monoisotopic (exact) mass is 233 g/mol. The van der Waals surface area contributed by atoms with E-state index in [1.165, 1.54) is 6.08 Å². The number of rotatable bonds is 1. The third-order valence-electron chi connectivity index (χ3n) is 1.63. The van der Waals surface area contributed by atoms with E-state index in [4.69, 9.17) is 4.74 Å². The number of carbonyl (C=O) groups excluding carboxylic acids is 1. The number of carbonyl (C=O) groups is 1. The summed E-state index contributed by atoms with van der Waals surface area (Å²) in [4.78, 5) is 11.3. The smallest absolute Gasteiger partial charge is 0.408 e. The molecule has 1 aliphatic heterocycles. The van der Waals surface area contributed by atoms with E-state index in [0.29, 0.717) is 0 Å². The molecule has 0 spiro atoms. The van der Waals surface area contributed by atoms with E-state index < -0.39 is 27.6 Å². The van der Waals surface area contributed by atoms with E-state index in [-0.39, 0.29) is 5.75 Å². The summed E-state index contributed by atoms with van der Waals surface area (Å²) in [7, 11) is -3.14. The Hall–Kier alpha value is -1.04. The Morgan fingerprint density at radius 2 is 2.07 bits per heavy atom. The van der Waals surface area contributed by atoms with Gasteiger partial charge in [0.15, 0.2) is 9.84 Å². The maximum Gasteiger partial charge on any atom is 0.408 e. The number of ether oxygens (including phenoxy) is 1. The van der Waals surface area contributed by atoms with Crippen LogP contribution in [0.25, 0.3) is 0 Å². The zero-order chi connectivity index (χ0) is 11.7. The molecule has 0 unspecified atom stereocenters. The van der Waals surface area contributed by atoms with Crippen molar-refractivity contribution in [1.82, 2.24) is 5.32 Å². The molecule has 1 atom stereocenters. The highest BCUT2D eigenvalue weighted by Gasteiger charge is 2.25. The molecule has 0 bridgehead atoms. The fraction of sp³-hybridized carbons (Fsp3) is 0.667. The third kappa shape index (κ3) is 4.33. The SMILES string of the molecule is CC(C)(C)OC(=O)N[C@@H]1C=CS(=O)(=O)C1. The van der Waals surface area contributed by atoms with Crippen LogP contribution in [-0.2, 0) is 14.6 Å². The standard InChI is InChI=1S/C9H15NO4S/c1-9(2,3)14-8(11)10-7-4-5-15(12,13)6-7/h4-5,7H,6H2,1-3H3,(H,10,11)/t7-/m1/s1. The van der Waals surface area contributed by atoms with Crippen LogP contribution in [0.3, 0.4) is 0 Å². The molecule has 86 valence electrons. The van der Waals surface area contributed by atoms with Crippen molar-refractivity contribution in [2.45, 2.75) is 32.4 Å². The molecule has 0 fully saturated rings. The van der Waals surface area contributed by atoms with Gasteiger partial charge in [-0.3, -0.25) is 0 Å². The second-order valence-electron chi connectivity index (χ2n) is 4.41. The summed E-state index contributed by atoms with van der Waals surface area (Å²) in [6.07, 6.45) is 0.841. The molecule has 6 heteroatoms. The van der Waals surface area contributed by atoms with Crippen LogP contribution in [0.5, 0.6) is 0 Å². The summed E-state index contributed by atoms with van der Waals surface area (Å²) in [6, 6.07) is -0.482. The lowest BCUT2D eigenvalue weighted by Crippen LogP contribution is -2.39. The molecule has 0 aromatic heterocycles. The van der Waals surface area contributed by atoms with Crippen LogP contribution >= 0.6 is 0 Å². The molecule has 1 amide bonds. The lowest BCUT2D eigenvalue weighted by molar-refractivity contribution is 0.0519. The first-order valence-corrected chi connectivity index (χ1v) is 6.30. The van der Waals surface area contributed by atoms with E-state index in [2.05, 4.69) is 5.32 Å². The third-order valence-corrected chi connectivity index (χ3v) is 3.03. The van der Waals surface area contributed by atoms with Crippen molar-refractivity contribution in [3.05, 3.63) is 11.5 Å². The molecule has 0 radical (unpaired) electrons. The van der Waals surface area contributed by atoms with Crippen molar-refractivity contribution >= 4 is 15.9 Å².